The summed E-state index contributed by atoms with van der Waals surface area (Å²) >= 11 is 0. The topological polar surface area (TPSA) is 43.1 Å². The number of fused-ring (bicyclic) bond motifs is 2. The van der Waals surface area contributed by atoms with E-state index in [1.165, 1.54) is 12.1 Å². The molecule has 3 heterocycles. The molecule has 0 aliphatic carbocycles. The smallest absolute Gasteiger partial charge is 0.163 e. The summed E-state index contributed by atoms with van der Waals surface area (Å²) in [5, 5.41) is 5.38. The molecule has 0 aliphatic rings. The molecule has 0 saturated heterocycles. The zero-order valence-corrected chi connectivity index (χ0v) is 16.3. The van der Waals surface area contributed by atoms with Crippen molar-refractivity contribution in [3.8, 4) is 11.1 Å². The van der Waals surface area contributed by atoms with Crippen molar-refractivity contribution < 1.29 is 4.39 Å². The molecule has 0 saturated carbocycles. The zero-order chi connectivity index (χ0) is 19.3. The number of hydrogen-bond donors (Lipinski definition) is 0. The molecule has 0 atom stereocenters. The average molecular weight is 362 g/mol. The maximum absolute atomic E-state index is 13.6. The molecule has 0 spiro atoms. The number of hydrogen-bond acceptors (Lipinski definition) is 3. The predicted molar refractivity (Wildman–Crippen MR) is 106 cm³/mol. The Kier molecular flexibility index (Phi) is 3.98. The molecule has 0 unspecified atom stereocenters. The standard InChI is InChI=1S/C22H23FN4/c1-13(2)19-10-20(22(3,4)5)27-21(26-19)17(12-25-27)15-8-14-9-16(23)6-7-18(14)24-11-15/h6-13H,1-5H3. The van der Waals surface area contributed by atoms with Crippen LogP contribution in [0.15, 0.2) is 42.7 Å². The normalized spacial score (nSPS) is 12.4. The second kappa shape index (κ2) is 6.12. The van der Waals surface area contributed by atoms with Crippen LogP contribution in [0.4, 0.5) is 4.39 Å². The fourth-order valence-corrected chi connectivity index (χ4v) is 3.26. The van der Waals surface area contributed by atoms with Crippen molar-refractivity contribution in [3.63, 3.8) is 0 Å². The van der Waals surface area contributed by atoms with E-state index in [0.29, 0.717) is 5.92 Å². The van der Waals surface area contributed by atoms with Gasteiger partial charge in [-0.15, -0.1) is 0 Å². The third-order valence-corrected chi connectivity index (χ3v) is 4.81. The Hall–Kier alpha value is -2.82. The van der Waals surface area contributed by atoms with Crippen molar-refractivity contribution in [1.29, 1.82) is 0 Å². The Morgan fingerprint density at radius 3 is 2.52 bits per heavy atom. The Morgan fingerprint density at radius 1 is 1.04 bits per heavy atom. The first-order chi connectivity index (χ1) is 12.7. The first-order valence-electron chi connectivity index (χ1n) is 9.19. The van der Waals surface area contributed by atoms with Gasteiger partial charge in [0.25, 0.3) is 0 Å². The van der Waals surface area contributed by atoms with Gasteiger partial charge in [-0.2, -0.15) is 5.10 Å². The molecule has 4 nitrogen and oxygen atoms in total. The van der Waals surface area contributed by atoms with E-state index in [9.17, 15) is 4.39 Å². The lowest BCUT2D eigenvalue weighted by molar-refractivity contribution is 0.543. The first kappa shape index (κ1) is 17.6. The van der Waals surface area contributed by atoms with Gasteiger partial charge in [0.2, 0.25) is 0 Å². The molecule has 5 heteroatoms. The largest absolute Gasteiger partial charge is 0.256 e. The Bertz CT molecular complexity index is 1150. The summed E-state index contributed by atoms with van der Waals surface area (Å²) in [6.45, 7) is 10.8. The van der Waals surface area contributed by atoms with Crippen LogP contribution in [0.1, 0.15) is 51.9 Å². The third kappa shape index (κ3) is 3.07. The van der Waals surface area contributed by atoms with E-state index in [1.54, 1.807) is 12.3 Å². The molecular formula is C22H23FN4. The van der Waals surface area contributed by atoms with E-state index in [2.05, 4.69) is 50.8 Å². The fourth-order valence-electron chi connectivity index (χ4n) is 3.26. The predicted octanol–water partition coefficient (Wildman–Crippen LogP) is 5.50. The van der Waals surface area contributed by atoms with Gasteiger partial charge in [0, 0.05) is 33.8 Å². The molecule has 0 aliphatic heterocycles. The maximum Gasteiger partial charge on any atom is 0.163 e. The number of nitrogens with zero attached hydrogens (tertiary/aromatic N) is 4. The van der Waals surface area contributed by atoms with Gasteiger partial charge in [-0.1, -0.05) is 34.6 Å². The number of aromatic nitrogens is 4. The minimum absolute atomic E-state index is 0.0706. The van der Waals surface area contributed by atoms with Crippen LogP contribution in [0.5, 0.6) is 0 Å². The van der Waals surface area contributed by atoms with E-state index in [1.807, 2.05) is 16.8 Å². The molecule has 4 aromatic rings. The van der Waals surface area contributed by atoms with E-state index >= 15 is 0 Å². The van der Waals surface area contributed by atoms with Crippen LogP contribution < -0.4 is 0 Å². The quantitative estimate of drug-likeness (QED) is 0.472. The lowest BCUT2D eigenvalue weighted by Crippen LogP contribution is -2.18. The van der Waals surface area contributed by atoms with Crippen LogP contribution in [-0.4, -0.2) is 19.6 Å². The Balaban J connectivity index is 1.99. The van der Waals surface area contributed by atoms with Crippen LogP contribution >= 0.6 is 0 Å². The summed E-state index contributed by atoms with van der Waals surface area (Å²) in [6, 6.07) is 8.71. The molecule has 4 rings (SSSR count). The maximum atomic E-state index is 13.6. The molecule has 0 radical (unpaired) electrons. The van der Waals surface area contributed by atoms with E-state index in [4.69, 9.17) is 4.98 Å². The van der Waals surface area contributed by atoms with Crippen LogP contribution in [0.3, 0.4) is 0 Å². The fraction of sp³-hybridized carbons (Fsp3) is 0.318. The zero-order valence-electron chi connectivity index (χ0n) is 16.3. The molecule has 0 N–H and O–H groups in total. The van der Waals surface area contributed by atoms with E-state index < -0.39 is 0 Å². The van der Waals surface area contributed by atoms with Gasteiger partial charge in [0.05, 0.1) is 17.4 Å². The van der Waals surface area contributed by atoms with Gasteiger partial charge < -0.3 is 0 Å². The molecular weight excluding hydrogens is 339 g/mol. The van der Waals surface area contributed by atoms with Crippen molar-refractivity contribution in [1.82, 2.24) is 19.6 Å². The van der Waals surface area contributed by atoms with Gasteiger partial charge in [-0.05, 0) is 36.2 Å². The summed E-state index contributed by atoms with van der Waals surface area (Å²) in [4.78, 5) is 9.36. The monoisotopic (exact) mass is 362 g/mol. The molecule has 0 fully saturated rings. The number of rotatable bonds is 2. The van der Waals surface area contributed by atoms with Gasteiger partial charge in [-0.25, -0.2) is 13.9 Å². The number of halogens is 1. The second-order valence-corrected chi connectivity index (χ2v) is 8.33. The highest BCUT2D eigenvalue weighted by atomic mass is 19.1. The van der Waals surface area contributed by atoms with Crippen molar-refractivity contribution >= 4 is 16.6 Å². The summed E-state index contributed by atoms with van der Waals surface area (Å²) in [7, 11) is 0. The Labute approximate surface area is 158 Å². The molecule has 1 aromatic carbocycles. The van der Waals surface area contributed by atoms with Crippen molar-refractivity contribution in [2.75, 3.05) is 0 Å². The van der Waals surface area contributed by atoms with Crippen molar-refractivity contribution in [2.24, 2.45) is 0 Å². The summed E-state index contributed by atoms with van der Waals surface area (Å²) in [5.41, 5.74) is 5.44. The van der Waals surface area contributed by atoms with Crippen LogP contribution in [0.2, 0.25) is 0 Å². The van der Waals surface area contributed by atoms with Gasteiger partial charge in [0.15, 0.2) is 5.65 Å². The molecule has 27 heavy (non-hydrogen) atoms. The Morgan fingerprint density at radius 2 is 1.81 bits per heavy atom. The number of pyridine rings is 1. The lowest BCUT2D eigenvalue weighted by atomic mass is 9.90. The summed E-state index contributed by atoms with van der Waals surface area (Å²) in [5.74, 6) is 0.0410. The first-order valence-corrected chi connectivity index (χ1v) is 9.19. The van der Waals surface area contributed by atoms with Crippen LogP contribution in [-0.2, 0) is 5.41 Å². The molecule has 3 aromatic heterocycles. The minimum Gasteiger partial charge on any atom is -0.256 e. The van der Waals surface area contributed by atoms with Gasteiger partial charge >= 0.3 is 0 Å². The van der Waals surface area contributed by atoms with Gasteiger partial charge in [0.1, 0.15) is 5.82 Å². The summed E-state index contributed by atoms with van der Waals surface area (Å²) < 4.78 is 15.5. The van der Waals surface area contributed by atoms with Crippen molar-refractivity contribution in [3.05, 3.63) is 59.9 Å². The van der Waals surface area contributed by atoms with Crippen LogP contribution in [0.25, 0.3) is 27.7 Å². The third-order valence-electron chi connectivity index (χ3n) is 4.81. The highest BCUT2D eigenvalue weighted by molar-refractivity contribution is 5.86. The van der Waals surface area contributed by atoms with Gasteiger partial charge in [-0.3, -0.25) is 4.98 Å². The number of benzene rings is 1. The molecule has 0 amide bonds. The molecule has 138 valence electrons. The van der Waals surface area contributed by atoms with Crippen molar-refractivity contribution in [2.45, 2.75) is 46.0 Å². The minimum atomic E-state index is -0.267. The highest BCUT2D eigenvalue weighted by Crippen LogP contribution is 2.31. The van der Waals surface area contributed by atoms with E-state index in [0.717, 1.165) is 39.1 Å². The second-order valence-electron chi connectivity index (χ2n) is 8.33. The average Bonchev–Trinajstić information content (AvgIpc) is 3.03. The highest BCUT2D eigenvalue weighted by Gasteiger charge is 2.22. The SMILES string of the molecule is CC(C)c1cc(C(C)(C)C)n2ncc(-c3cnc4ccc(F)cc4c3)c2n1. The molecule has 0 bridgehead atoms. The summed E-state index contributed by atoms with van der Waals surface area (Å²) in [6.07, 6.45) is 3.63. The lowest BCUT2D eigenvalue weighted by Gasteiger charge is -2.21. The van der Waals surface area contributed by atoms with Crippen LogP contribution in [0, 0.1) is 5.82 Å². The van der Waals surface area contributed by atoms with E-state index in [-0.39, 0.29) is 11.2 Å².